The van der Waals surface area contributed by atoms with E-state index < -0.39 is 12.1 Å². The second-order valence-corrected chi connectivity index (χ2v) is 6.30. The van der Waals surface area contributed by atoms with Gasteiger partial charge < -0.3 is 14.9 Å². The normalized spacial score (nSPS) is 14.3. The van der Waals surface area contributed by atoms with Crippen molar-refractivity contribution in [3.05, 3.63) is 23.9 Å². The van der Waals surface area contributed by atoms with Crippen LogP contribution in [0.5, 0.6) is 0 Å². The summed E-state index contributed by atoms with van der Waals surface area (Å²) in [6, 6.07) is 4.03. The van der Waals surface area contributed by atoms with Crippen LogP contribution in [0.2, 0.25) is 0 Å². The average Bonchev–Trinajstić information content (AvgIpc) is 2.73. The minimum Gasteiger partial charge on any atom is -0.475 e. The molecule has 0 spiro atoms. The van der Waals surface area contributed by atoms with E-state index in [1.54, 1.807) is 0 Å². The zero-order valence-electron chi connectivity index (χ0n) is 15.1. The molecule has 146 valence electrons. The van der Waals surface area contributed by atoms with Crippen LogP contribution >= 0.6 is 0 Å². The Hall–Kier alpha value is -2.32. The van der Waals surface area contributed by atoms with Crippen LogP contribution in [0.4, 0.5) is 19.0 Å². The molecule has 1 aromatic heterocycles. The quantitative estimate of drug-likeness (QED) is 0.879. The van der Waals surface area contributed by atoms with Crippen molar-refractivity contribution < 1.29 is 27.9 Å². The monoisotopic (exact) mass is 375 g/mol. The summed E-state index contributed by atoms with van der Waals surface area (Å²) >= 11 is 0. The molecule has 26 heavy (non-hydrogen) atoms. The maximum atomic E-state index is 11.9. The predicted octanol–water partition coefficient (Wildman–Crippen LogP) is 2.93. The molecule has 1 aromatic rings. The van der Waals surface area contributed by atoms with Crippen molar-refractivity contribution in [3.63, 3.8) is 0 Å². The lowest BCUT2D eigenvalue weighted by molar-refractivity contribution is -0.192. The molecule has 0 aromatic carbocycles. The SMILES string of the molecule is CCC(=O)N1CCN(CC(C)C)c2ncccc2C1.O=C(O)C(F)(F)F. The van der Waals surface area contributed by atoms with Gasteiger partial charge in [0.05, 0.1) is 0 Å². The van der Waals surface area contributed by atoms with Gasteiger partial charge in [0, 0.05) is 44.4 Å². The number of amides is 1. The highest BCUT2D eigenvalue weighted by atomic mass is 19.4. The Morgan fingerprint density at radius 2 is 1.92 bits per heavy atom. The van der Waals surface area contributed by atoms with Gasteiger partial charge in [-0.15, -0.1) is 0 Å². The molecular formula is C17H24F3N3O3. The number of hydrogen-bond acceptors (Lipinski definition) is 4. The van der Waals surface area contributed by atoms with Crippen LogP contribution in [0.1, 0.15) is 32.8 Å². The first-order valence-electron chi connectivity index (χ1n) is 8.33. The standard InChI is InChI=1S/C15H23N3O.C2HF3O2/c1-4-14(19)17-8-9-18(10-12(2)3)15-13(11-17)6-5-7-16-15;3-2(4,5)1(6)7/h5-7,12H,4,8-11H2,1-3H3;(H,6,7). The number of hydrogen-bond donors (Lipinski definition) is 1. The third-order valence-corrected chi connectivity index (χ3v) is 3.65. The second kappa shape index (κ2) is 9.40. The number of carbonyl (C=O) groups is 2. The number of carbonyl (C=O) groups excluding carboxylic acids is 1. The van der Waals surface area contributed by atoms with Gasteiger partial charge in [-0.25, -0.2) is 9.78 Å². The maximum absolute atomic E-state index is 11.9. The number of aliphatic carboxylic acids is 1. The number of rotatable bonds is 3. The van der Waals surface area contributed by atoms with E-state index in [-0.39, 0.29) is 5.91 Å². The molecule has 0 saturated heterocycles. The zero-order chi connectivity index (χ0) is 19.9. The van der Waals surface area contributed by atoms with Crippen LogP contribution < -0.4 is 4.90 Å². The molecule has 9 heteroatoms. The van der Waals surface area contributed by atoms with Gasteiger partial charge in [0.1, 0.15) is 5.82 Å². The third-order valence-electron chi connectivity index (χ3n) is 3.65. The van der Waals surface area contributed by atoms with Crippen LogP contribution in [-0.2, 0) is 16.1 Å². The summed E-state index contributed by atoms with van der Waals surface area (Å²) in [5.41, 5.74) is 1.16. The van der Waals surface area contributed by atoms with Crippen molar-refractivity contribution in [1.82, 2.24) is 9.88 Å². The van der Waals surface area contributed by atoms with E-state index in [1.807, 2.05) is 24.1 Å². The van der Waals surface area contributed by atoms with Crippen molar-refractivity contribution in [2.45, 2.75) is 39.9 Å². The molecule has 2 rings (SSSR count). The molecule has 0 unspecified atom stereocenters. The van der Waals surface area contributed by atoms with E-state index in [2.05, 4.69) is 29.8 Å². The molecule has 1 N–H and O–H groups in total. The number of anilines is 1. The topological polar surface area (TPSA) is 73.7 Å². The first-order valence-corrected chi connectivity index (χ1v) is 8.33. The number of pyridine rings is 1. The van der Waals surface area contributed by atoms with Crippen LogP contribution in [-0.4, -0.2) is 52.7 Å². The number of nitrogens with zero attached hydrogens (tertiary/aromatic N) is 3. The lowest BCUT2D eigenvalue weighted by Gasteiger charge is -2.25. The number of aromatic nitrogens is 1. The highest BCUT2D eigenvalue weighted by molar-refractivity contribution is 5.76. The summed E-state index contributed by atoms with van der Waals surface area (Å²) in [6.45, 7) is 9.67. The Labute approximate surface area is 150 Å². The van der Waals surface area contributed by atoms with Gasteiger partial charge in [-0.05, 0) is 12.0 Å². The summed E-state index contributed by atoms with van der Waals surface area (Å²) < 4.78 is 31.7. The van der Waals surface area contributed by atoms with E-state index in [0.29, 0.717) is 18.9 Å². The molecule has 0 radical (unpaired) electrons. The fourth-order valence-corrected chi connectivity index (χ4v) is 2.53. The van der Waals surface area contributed by atoms with E-state index in [1.165, 1.54) is 0 Å². The molecule has 0 bridgehead atoms. The molecule has 0 saturated carbocycles. The highest BCUT2D eigenvalue weighted by Crippen LogP contribution is 2.23. The smallest absolute Gasteiger partial charge is 0.475 e. The summed E-state index contributed by atoms with van der Waals surface area (Å²) in [5.74, 6) is -0.903. The van der Waals surface area contributed by atoms with Crippen molar-refractivity contribution in [1.29, 1.82) is 0 Å². The summed E-state index contributed by atoms with van der Waals surface area (Å²) in [6.07, 6.45) is -2.68. The molecule has 0 atom stereocenters. The van der Waals surface area contributed by atoms with Gasteiger partial charge in [-0.1, -0.05) is 26.8 Å². The molecule has 2 heterocycles. The summed E-state index contributed by atoms with van der Waals surface area (Å²) in [7, 11) is 0. The molecule has 1 amide bonds. The van der Waals surface area contributed by atoms with Crippen LogP contribution in [0.15, 0.2) is 18.3 Å². The Morgan fingerprint density at radius 3 is 2.42 bits per heavy atom. The molecule has 1 aliphatic rings. The molecule has 0 fully saturated rings. The van der Waals surface area contributed by atoms with Crippen LogP contribution in [0.25, 0.3) is 0 Å². The maximum Gasteiger partial charge on any atom is 0.490 e. The zero-order valence-corrected chi connectivity index (χ0v) is 15.1. The number of halogens is 3. The van der Waals surface area contributed by atoms with Gasteiger partial charge in [0.15, 0.2) is 0 Å². The minimum absolute atomic E-state index is 0.223. The summed E-state index contributed by atoms with van der Waals surface area (Å²) in [5, 5.41) is 7.12. The number of carboxylic acids is 1. The van der Waals surface area contributed by atoms with Crippen molar-refractivity contribution in [3.8, 4) is 0 Å². The summed E-state index contributed by atoms with van der Waals surface area (Å²) in [4.78, 5) is 29.6. The fraction of sp³-hybridized carbons (Fsp3) is 0.588. The average molecular weight is 375 g/mol. The van der Waals surface area contributed by atoms with E-state index in [9.17, 15) is 18.0 Å². The minimum atomic E-state index is -5.08. The van der Waals surface area contributed by atoms with Crippen molar-refractivity contribution in [2.24, 2.45) is 5.92 Å². The van der Waals surface area contributed by atoms with Gasteiger partial charge >= 0.3 is 12.1 Å². The van der Waals surface area contributed by atoms with Crippen LogP contribution in [0.3, 0.4) is 0 Å². The van der Waals surface area contributed by atoms with Crippen molar-refractivity contribution >= 4 is 17.7 Å². The number of fused-ring (bicyclic) bond motifs is 1. The Morgan fingerprint density at radius 1 is 1.31 bits per heavy atom. The molecule has 1 aliphatic heterocycles. The molecular weight excluding hydrogens is 351 g/mol. The van der Waals surface area contributed by atoms with Crippen molar-refractivity contribution in [2.75, 3.05) is 24.5 Å². The van der Waals surface area contributed by atoms with Gasteiger partial charge in [-0.2, -0.15) is 13.2 Å². The fourth-order valence-electron chi connectivity index (χ4n) is 2.53. The Balaban J connectivity index is 0.000000412. The van der Waals surface area contributed by atoms with Gasteiger partial charge in [-0.3, -0.25) is 4.79 Å². The van der Waals surface area contributed by atoms with Gasteiger partial charge in [0.2, 0.25) is 5.91 Å². The number of alkyl halides is 3. The largest absolute Gasteiger partial charge is 0.490 e. The van der Waals surface area contributed by atoms with Crippen LogP contribution in [0, 0.1) is 5.92 Å². The second-order valence-electron chi connectivity index (χ2n) is 6.30. The van der Waals surface area contributed by atoms with E-state index >= 15 is 0 Å². The lowest BCUT2D eigenvalue weighted by Crippen LogP contribution is -2.36. The molecule has 6 nitrogen and oxygen atoms in total. The predicted molar refractivity (Wildman–Crippen MR) is 90.7 cm³/mol. The first-order chi connectivity index (χ1) is 12.1. The Kier molecular flexibility index (Phi) is 7.85. The van der Waals surface area contributed by atoms with E-state index in [0.717, 1.165) is 31.0 Å². The number of carboxylic acid groups (broad SMARTS) is 1. The lowest BCUT2D eigenvalue weighted by atomic mass is 10.2. The van der Waals surface area contributed by atoms with Gasteiger partial charge in [0.25, 0.3) is 0 Å². The Bertz CT molecular complexity index is 621. The first kappa shape index (κ1) is 21.7. The van der Waals surface area contributed by atoms with E-state index in [4.69, 9.17) is 9.90 Å². The highest BCUT2D eigenvalue weighted by Gasteiger charge is 2.38. The third kappa shape index (κ3) is 6.53. The molecule has 0 aliphatic carbocycles.